The van der Waals surface area contributed by atoms with Gasteiger partial charge in [-0.15, -0.1) is 0 Å². The van der Waals surface area contributed by atoms with Gasteiger partial charge in [0.05, 0.1) is 5.69 Å². The van der Waals surface area contributed by atoms with Crippen LogP contribution in [0.25, 0.3) is 0 Å². The van der Waals surface area contributed by atoms with Crippen LogP contribution in [0.2, 0.25) is 0 Å². The molecule has 0 aliphatic heterocycles. The van der Waals surface area contributed by atoms with Crippen molar-refractivity contribution >= 4 is 5.82 Å². The first-order valence-electron chi connectivity index (χ1n) is 5.75. The minimum atomic E-state index is 0.735. The third-order valence-corrected chi connectivity index (χ3v) is 2.63. The molecule has 2 rings (SSSR count). The van der Waals surface area contributed by atoms with Gasteiger partial charge in [-0.05, 0) is 13.8 Å². The third-order valence-electron chi connectivity index (χ3n) is 2.63. The molecule has 0 bridgehead atoms. The van der Waals surface area contributed by atoms with Crippen molar-refractivity contribution in [2.75, 3.05) is 12.4 Å². The number of aromatic nitrogens is 4. The summed E-state index contributed by atoms with van der Waals surface area (Å²) in [6, 6.07) is 1.96. The van der Waals surface area contributed by atoms with E-state index >= 15 is 0 Å². The molecule has 0 saturated heterocycles. The second-order valence-electron chi connectivity index (χ2n) is 3.85. The molecule has 17 heavy (non-hydrogen) atoms. The summed E-state index contributed by atoms with van der Waals surface area (Å²) in [5.74, 6) is 2.66. The average molecular weight is 231 g/mol. The molecular formula is C12H17N5. The van der Waals surface area contributed by atoms with Crippen molar-refractivity contribution in [3.05, 3.63) is 35.8 Å². The highest BCUT2D eigenvalue weighted by Gasteiger charge is 2.06. The Labute approximate surface area is 101 Å². The van der Waals surface area contributed by atoms with Gasteiger partial charge in [-0.1, -0.05) is 0 Å². The molecule has 0 atom stereocenters. The zero-order valence-corrected chi connectivity index (χ0v) is 10.4. The number of nitrogens with one attached hydrogen (secondary N) is 1. The van der Waals surface area contributed by atoms with Crippen molar-refractivity contribution in [2.24, 2.45) is 0 Å². The minimum absolute atomic E-state index is 0.735. The van der Waals surface area contributed by atoms with Crippen molar-refractivity contribution < 1.29 is 0 Å². The molecule has 0 aromatic carbocycles. The first-order chi connectivity index (χ1) is 8.22. The quantitative estimate of drug-likeness (QED) is 0.869. The second-order valence-corrected chi connectivity index (χ2v) is 3.85. The summed E-state index contributed by atoms with van der Waals surface area (Å²) >= 11 is 0. The first kappa shape index (κ1) is 11.6. The van der Waals surface area contributed by atoms with Crippen LogP contribution in [0.1, 0.15) is 24.3 Å². The molecule has 1 N–H and O–H groups in total. The molecule has 2 heterocycles. The Hall–Kier alpha value is -1.91. The second kappa shape index (κ2) is 4.95. The summed E-state index contributed by atoms with van der Waals surface area (Å²) in [4.78, 5) is 13.1. The largest absolute Gasteiger partial charge is 0.373 e. The highest BCUT2D eigenvalue weighted by atomic mass is 15.1. The van der Waals surface area contributed by atoms with Gasteiger partial charge in [-0.2, -0.15) is 0 Å². The predicted molar refractivity (Wildman–Crippen MR) is 67.0 cm³/mol. The Morgan fingerprint density at radius 1 is 1.35 bits per heavy atom. The lowest BCUT2D eigenvalue weighted by atomic mass is 10.2. The van der Waals surface area contributed by atoms with Crippen LogP contribution in [0, 0.1) is 6.92 Å². The van der Waals surface area contributed by atoms with E-state index in [0.29, 0.717) is 0 Å². The van der Waals surface area contributed by atoms with Crippen LogP contribution in [-0.2, 0) is 13.0 Å². The van der Waals surface area contributed by atoms with E-state index in [0.717, 1.165) is 36.1 Å². The number of hydrogen-bond acceptors (Lipinski definition) is 4. The van der Waals surface area contributed by atoms with Crippen LogP contribution in [0.3, 0.4) is 0 Å². The van der Waals surface area contributed by atoms with E-state index in [1.54, 1.807) is 0 Å². The summed E-state index contributed by atoms with van der Waals surface area (Å²) in [5, 5.41) is 3.04. The van der Waals surface area contributed by atoms with E-state index in [2.05, 4.69) is 31.8 Å². The molecule has 0 spiro atoms. The van der Waals surface area contributed by atoms with Crippen LogP contribution in [0.5, 0.6) is 0 Å². The normalized spacial score (nSPS) is 10.5. The molecule has 2 aromatic rings. The first-order valence-corrected chi connectivity index (χ1v) is 5.75. The van der Waals surface area contributed by atoms with Crippen LogP contribution in [-0.4, -0.2) is 26.6 Å². The summed E-state index contributed by atoms with van der Waals surface area (Å²) < 4.78 is 2.12. The lowest BCUT2D eigenvalue weighted by Gasteiger charge is -2.07. The maximum absolute atomic E-state index is 4.43. The van der Waals surface area contributed by atoms with E-state index in [-0.39, 0.29) is 0 Å². The fourth-order valence-electron chi connectivity index (χ4n) is 1.81. The molecule has 0 amide bonds. The fourth-order valence-corrected chi connectivity index (χ4v) is 1.81. The Morgan fingerprint density at radius 3 is 2.88 bits per heavy atom. The van der Waals surface area contributed by atoms with E-state index in [1.165, 1.54) is 0 Å². The lowest BCUT2D eigenvalue weighted by Crippen LogP contribution is -2.05. The standard InChI is InChI=1S/C12H17N5/c1-4-17-6-5-14-12(17)8-10-7-11(13-3)16-9(2)15-10/h5-7H,4,8H2,1-3H3,(H,13,15,16). The smallest absolute Gasteiger partial charge is 0.129 e. The van der Waals surface area contributed by atoms with Crippen molar-refractivity contribution in [2.45, 2.75) is 26.8 Å². The third kappa shape index (κ3) is 2.61. The highest BCUT2D eigenvalue weighted by Crippen LogP contribution is 2.10. The monoisotopic (exact) mass is 231 g/mol. The lowest BCUT2D eigenvalue weighted by molar-refractivity contribution is 0.707. The number of imidazole rings is 1. The number of nitrogens with zero attached hydrogens (tertiary/aromatic N) is 4. The summed E-state index contributed by atoms with van der Waals surface area (Å²) in [5.41, 5.74) is 0.989. The molecule has 0 radical (unpaired) electrons. The van der Waals surface area contributed by atoms with Gasteiger partial charge in [0, 0.05) is 38.5 Å². The highest BCUT2D eigenvalue weighted by molar-refractivity contribution is 5.35. The van der Waals surface area contributed by atoms with Gasteiger partial charge in [0.25, 0.3) is 0 Å². The molecule has 0 fully saturated rings. The minimum Gasteiger partial charge on any atom is -0.373 e. The molecule has 5 heteroatoms. The van der Waals surface area contributed by atoms with Crippen molar-refractivity contribution in [1.29, 1.82) is 0 Å². The Kier molecular flexibility index (Phi) is 3.37. The molecule has 2 aromatic heterocycles. The molecule has 90 valence electrons. The number of anilines is 1. The van der Waals surface area contributed by atoms with Gasteiger partial charge in [0.15, 0.2) is 0 Å². The Morgan fingerprint density at radius 2 is 2.18 bits per heavy atom. The maximum atomic E-state index is 4.43. The molecule has 5 nitrogen and oxygen atoms in total. The number of aryl methyl sites for hydroxylation is 2. The van der Waals surface area contributed by atoms with Gasteiger partial charge in [-0.3, -0.25) is 0 Å². The van der Waals surface area contributed by atoms with Crippen LogP contribution >= 0.6 is 0 Å². The Balaban J connectivity index is 2.26. The van der Waals surface area contributed by atoms with Crippen LogP contribution in [0.15, 0.2) is 18.5 Å². The molecular weight excluding hydrogens is 214 g/mol. The molecule has 0 aliphatic carbocycles. The van der Waals surface area contributed by atoms with Crippen molar-refractivity contribution in [1.82, 2.24) is 19.5 Å². The molecule has 0 aliphatic rings. The molecule has 0 unspecified atom stereocenters. The zero-order chi connectivity index (χ0) is 12.3. The average Bonchev–Trinajstić information content (AvgIpc) is 2.75. The zero-order valence-electron chi connectivity index (χ0n) is 10.4. The van der Waals surface area contributed by atoms with Gasteiger partial charge < -0.3 is 9.88 Å². The van der Waals surface area contributed by atoms with Gasteiger partial charge in [-0.25, -0.2) is 15.0 Å². The summed E-state index contributed by atoms with van der Waals surface area (Å²) in [6.45, 7) is 4.93. The fraction of sp³-hybridized carbons (Fsp3) is 0.417. The number of hydrogen-bond donors (Lipinski definition) is 1. The van der Waals surface area contributed by atoms with Crippen LogP contribution in [0.4, 0.5) is 5.82 Å². The maximum Gasteiger partial charge on any atom is 0.129 e. The van der Waals surface area contributed by atoms with Gasteiger partial charge in [0.1, 0.15) is 17.5 Å². The van der Waals surface area contributed by atoms with E-state index < -0.39 is 0 Å². The molecule has 0 saturated carbocycles. The van der Waals surface area contributed by atoms with Crippen molar-refractivity contribution in [3.8, 4) is 0 Å². The SMILES string of the molecule is CCn1ccnc1Cc1cc(NC)nc(C)n1. The summed E-state index contributed by atoms with van der Waals surface area (Å²) in [7, 11) is 1.86. The summed E-state index contributed by atoms with van der Waals surface area (Å²) in [6.07, 6.45) is 4.55. The number of rotatable bonds is 4. The van der Waals surface area contributed by atoms with E-state index in [1.807, 2.05) is 32.4 Å². The van der Waals surface area contributed by atoms with Gasteiger partial charge >= 0.3 is 0 Å². The van der Waals surface area contributed by atoms with E-state index in [4.69, 9.17) is 0 Å². The van der Waals surface area contributed by atoms with Crippen LogP contribution < -0.4 is 5.32 Å². The topological polar surface area (TPSA) is 55.6 Å². The van der Waals surface area contributed by atoms with Crippen molar-refractivity contribution in [3.63, 3.8) is 0 Å². The van der Waals surface area contributed by atoms with E-state index in [9.17, 15) is 0 Å². The van der Waals surface area contributed by atoms with Gasteiger partial charge in [0.2, 0.25) is 0 Å². The predicted octanol–water partition coefficient (Wildman–Crippen LogP) is 1.63. The Bertz CT molecular complexity index is 503.